The molecule has 0 radical (unpaired) electrons. The molecule has 3 saturated carbocycles. The molecule has 3 aliphatic carbocycles. The number of hydrogen-bond donors (Lipinski definition) is 0. The molecule has 0 aromatic carbocycles. The fourth-order valence-corrected chi connectivity index (χ4v) is 7.79. The summed E-state index contributed by atoms with van der Waals surface area (Å²) in [6, 6.07) is 0.474. The second kappa shape index (κ2) is 5.35. The summed E-state index contributed by atoms with van der Waals surface area (Å²) < 4.78 is 0. The van der Waals surface area contributed by atoms with Crippen LogP contribution in [0.15, 0.2) is 11.6 Å². The van der Waals surface area contributed by atoms with Crippen molar-refractivity contribution < 1.29 is 4.79 Å². The van der Waals surface area contributed by atoms with Crippen molar-refractivity contribution in [2.24, 2.45) is 34.5 Å². The number of piperidine rings is 1. The Kier molecular flexibility index (Phi) is 3.72. The van der Waals surface area contributed by atoms with Crippen molar-refractivity contribution in [3.63, 3.8) is 0 Å². The molecule has 0 unspecified atom stereocenters. The molecule has 1 saturated heterocycles. The van der Waals surface area contributed by atoms with E-state index in [1.54, 1.807) is 5.57 Å². The van der Waals surface area contributed by atoms with Crippen molar-refractivity contribution in [2.75, 3.05) is 7.05 Å². The molecular formula is C22H35NO. The first kappa shape index (κ1) is 16.7. The van der Waals surface area contributed by atoms with E-state index in [2.05, 4.69) is 45.7 Å². The average Bonchev–Trinajstić information content (AvgIpc) is 2.90. The van der Waals surface area contributed by atoms with Crippen LogP contribution in [0.1, 0.15) is 72.6 Å². The Hall–Kier alpha value is -0.790. The van der Waals surface area contributed by atoms with Gasteiger partial charge in [-0.25, -0.2) is 0 Å². The van der Waals surface area contributed by atoms with Crippen LogP contribution in [0.5, 0.6) is 0 Å². The Morgan fingerprint density at radius 3 is 2.58 bits per heavy atom. The summed E-state index contributed by atoms with van der Waals surface area (Å²) in [5, 5.41) is 0. The fraction of sp³-hybridized carbons (Fsp3) is 0.864. The van der Waals surface area contributed by atoms with Crippen LogP contribution >= 0.6 is 0 Å². The van der Waals surface area contributed by atoms with Crippen molar-refractivity contribution in [1.29, 1.82) is 0 Å². The van der Waals surface area contributed by atoms with E-state index in [1.165, 1.54) is 32.1 Å². The Balaban J connectivity index is 1.71. The second-order valence-electron chi connectivity index (χ2n) is 9.84. The second-order valence-corrected chi connectivity index (χ2v) is 9.84. The van der Waals surface area contributed by atoms with E-state index < -0.39 is 0 Å². The molecule has 4 rings (SSSR count). The Bertz CT molecular complexity index is 581. The van der Waals surface area contributed by atoms with Gasteiger partial charge in [0.2, 0.25) is 5.91 Å². The molecule has 0 aromatic heterocycles. The lowest BCUT2D eigenvalue weighted by Gasteiger charge is -2.63. The van der Waals surface area contributed by atoms with Crippen molar-refractivity contribution >= 4 is 5.91 Å². The van der Waals surface area contributed by atoms with E-state index in [4.69, 9.17) is 0 Å². The zero-order valence-electron chi connectivity index (χ0n) is 16.3. The van der Waals surface area contributed by atoms with Crippen molar-refractivity contribution in [2.45, 2.75) is 78.7 Å². The van der Waals surface area contributed by atoms with Crippen molar-refractivity contribution in [3.05, 3.63) is 11.6 Å². The van der Waals surface area contributed by atoms with Gasteiger partial charge in [-0.05, 0) is 80.0 Å². The number of carbonyl (C=O) groups is 1. The number of likely N-dealkylation sites (tertiary alicyclic amines) is 1. The largest absolute Gasteiger partial charge is 0.342 e. The summed E-state index contributed by atoms with van der Waals surface area (Å²) in [5.41, 5.74) is 2.55. The quantitative estimate of drug-likeness (QED) is 0.570. The Morgan fingerprint density at radius 1 is 1.12 bits per heavy atom. The standard InChI is InChI=1S/C22H35NO/c1-6-15-7-8-16-20-14(2)13-18-22(4,12-10-19(24)23(18)5)17(20)9-11-21(15,16)3/h6,14,16-18,20H,7-13H2,1-5H3/t14-,16-,17-,18+,20-,21+,22+/m0/s1. The van der Waals surface area contributed by atoms with Gasteiger partial charge >= 0.3 is 0 Å². The highest BCUT2D eigenvalue weighted by molar-refractivity contribution is 5.77. The molecule has 4 aliphatic rings. The van der Waals surface area contributed by atoms with Gasteiger partial charge in [0, 0.05) is 19.5 Å². The number of nitrogens with zero attached hydrogens (tertiary/aromatic N) is 1. The number of rotatable bonds is 0. The van der Waals surface area contributed by atoms with E-state index in [9.17, 15) is 4.79 Å². The first-order valence-electron chi connectivity index (χ1n) is 10.2. The molecule has 24 heavy (non-hydrogen) atoms. The molecule has 7 atom stereocenters. The number of hydrogen-bond acceptors (Lipinski definition) is 1. The van der Waals surface area contributed by atoms with Gasteiger partial charge in [0.05, 0.1) is 0 Å². The third-order valence-corrected chi connectivity index (χ3v) is 9.13. The molecular weight excluding hydrogens is 294 g/mol. The summed E-state index contributed by atoms with van der Waals surface area (Å²) in [4.78, 5) is 14.4. The molecule has 134 valence electrons. The first-order chi connectivity index (χ1) is 11.3. The third kappa shape index (κ3) is 1.98. The monoisotopic (exact) mass is 329 g/mol. The van der Waals surface area contributed by atoms with Gasteiger partial charge in [-0.1, -0.05) is 32.4 Å². The van der Waals surface area contributed by atoms with Crippen molar-refractivity contribution in [1.82, 2.24) is 4.90 Å². The van der Waals surface area contributed by atoms with Gasteiger partial charge < -0.3 is 4.90 Å². The highest BCUT2D eigenvalue weighted by Crippen LogP contribution is 2.67. The third-order valence-electron chi connectivity index (χ3n) is 9.13. The van der Waals surface area contributed by atoms with E-state index in [0.717, 1.165) is 36.5 Å². The predicted molar refractivity (Wildman–Crippen MR) is 98.5 cm³/mol. The zero-order chi connectivity index (χ0) is 17.3. The highest BCUT2D eigenvalue weighted by Gasteiger charge is 2.61. The van der Waals surface area contributed by atoms with Crippen LogP contribution in [0, 0.1) is 34.5 Å². The lowest BCUT2D eigenvalue weighted by Crippen LogP contribution is -2.63. The maximum Gasteiger partial charge on any atom is 0.222 e. The Labute approximate surface area is 148 Å². The van der Waals surface area contributed by atoms with E-state index in [1.807, 2.05) is 0 Å². The van der Waals surface area contributed by atoms with Gasteiger partial charge in [0.1, 0.15) is 0 Å². The number of amides is 1. The molecule has 1 amide bonds. The summed E-state index contributed by atoms with van der Waals surface area (Å²) in [6.07, 6.45) is 11.0. The smallest absolute Gasteiger partial charge is 0.222 e. The summed E-state index contributed by atoms with van der Waals surface area (Å²) >= 11 is 0. The van der Waals surface area contributed by atoms with Gasteiger partial charge in [0.15, 0.2) is 0 Å². The maximum absolute atomic E-state index is 12.3. The fourth-order valence-electron chi connectivity index (χ4n) is 7.79. The summed E-state index contributed by atoms with van der Waals surface area (Å²) in [7, 11) is 2.07. The van der Waals surface area contributed by atoms with E-state index in [0.29, 0.717) is 22.8 Å². The molecule has 1 aliphatic heterocycles. The van der Waals surface area contributed by atoms with E-state index in [-0.39, 0.29) is 0 Å². The first-order valence-corrected chi connectivity index (χ1v) is 10.2. The van der Waals surface area contributed by atoms with Crippen LogP contribution in [0.3, 0.4) is 0 Å². The number of fused-ring (bicyclic) bond motifs is 5. The molecule has 0 bridgehead atoms. The molecule has 0 N–H and O–H groups in total. The summed E-state index contributed by atoms with van der Waals surface area (Å²) in [6.45, 7) is 9.83. The van der Waals surface area contributed by atoms with Crippen molar-refractivity contribution in [3.8, 4) is 0 Å². The molecule has 2 nitrogen and oxygen atoms in total. The van der Waals surface area contributed by atoms with Gasteiger partial charge in [-0.2, -0.15) is 0 Å². The van der Waals surface area contributed by atoms with Gasteiger partial charge in [-0.15, -0.1) is 0 Å². The SMILES string of the molecule is CC=C1CC[C@H]2[C@@H]3[C@@H](C)C[C@H]4N(C)C(=O)CC[C@]4(C)[C@H]3CC[C@]12C. The molecule has 1 heterocycles. The van der Waals surface area contributed by atoms with Crippen LogP contribution in [-0.4, -0.2) is 23.9 Å². The minimum atomic E-state index is 0.347. The van der Waals surface area contributed by atoms with Crippen LogP contribution in [0.2, 0.25) is 0 Å². The summed E-state index contributed by atoms with van der Waals surface area (Å²) in [5.74, 6) is 3.68. The maximum atomic E-state index is 12.3. The van der Waals surface area contributed by atoms with Gasteiger partial charge in [0.25, 0.3) is 0 Å². The normalized spacial score (nSPS) is 52.9. The Morgan fingerprint density at radius 2 is 1.88 bits per heavy atom. The zero-order valence-corrected chi connectivity index (χ0v) is 16.3. The average molecular weight is 330 g/mol. The lowest BCUT2D eigenvalue weighted by atomic mass is 9.45. The van der Waals surface area contributed by atoms with Crippen LogP contribution in [0.4, 0.5) is 0 Å². The molecule has 2 heteroatoms. The number of carbonyl (C=O) groups excluding carboxylic acids is 1. The van der Waals surface area contributed by atoms with Gasteiger partial charge in [-0.3, -0.25) is 4.79 Å². The topological polar surface area (TPSA) is 20.3 Å². The van der Waals surface area contributed by atoms with E-state index >= 15 is 0 Å². The molecule has 0 spiro atoms. The van der Waals surface area contributed by atoms with Crippen LogP contribution in [-0.2, 0) is 4.79 Å². The predicted octanol–water partition coefficient (Wildman–Crippen LogP) is 5.04. The minimum absolute atomic E-state index is 0.347. The molecule has 4 fully saturated rings. The van der Waals surface area contributed by atoms with Crippen LogP contribution < -0.4 is 0 Å². The molecule has 0 aromatic rings. The van der Waals surface area contributed by atoms with Crippen LogP contribution in [0.25, 0.3) is 0 Å². The number of allylic oxidation sites excluding steroid dienone is 2. The minimum Gasteiger partial charge on any atom is -0.342 e. The lowest BCUT2D eigenvalue weighted by molar-refractivity contribution is -0.163. The highest BCUT2D eigenvalue weighted by atomic mass is 16.2.